The minimum atomic E-state index is -0.204. The largest absolute Gasteiger partial charge is 0.350 e. The molecule has 2 rings (SSSR count). The highest BCUT2D eigenvalue weighted by atomic mass is 16.1. The third-order valence-corrected chi connectivity index (χ3v) is 3.24. The molecule has 0 spiro atoms. The Morgan fingerprint density at radius 2 is 2.05 bits per heavy atom. The second-order valence-electron chi connectivity index (χ2n) is 5.11. The molecule has 1 aromatic carbocycles. The molecular weight excluding hydrogens is 266 g/mol. The summed E-state index contributed by atoms with van der Waals surface area (Å²) in [7, 11) is 0. The molecule has 0 aliphatic rings. The maximum atomic E-state index is 11.9. The van der Waals surface area contributed by atoms with Gasteiger partial charge in [0.25, 0.3) is 5.56 Å². The molecule has 0 radical (unpaired) electrons. The van der Waals surface area contributed by atoms with Crippen molar-refractivity contribution in [2.45, 2.75) is 32.7 Å². The summed E-state index contributed by atoms with van der Waals surface area (Å²) in [5.41, 5.74) is 1.50. The fourth-order valence-electron chi connectivity index (χ4n) is 2.17. The van der Waals surface area contributed by atoms with Gasteiger partial charge in [0.2, 0.25) is 5.91 Å². The summed E-state index contributed by atoms with van der Waals surface area (Å²) >= 11 is 0. The summed E-state index contributed by atoms with van der Waals surface area (Å²) in [5.74, 6) is 0.649. The predicted molar refractivity (Wildman–Crippen MR) is 80.9 cm³/mol. The van der Waals surface area contributed by atoms with Crippen LogP contribution in [0, 0.1) is 6.92 Å². The van der Waals surface area contributed by atoms with Crippen LogP contribution in [0.4, 0.5) is 0 Å². The quantitative estimate of drug-likeness (QED) is 0.881. The lowest BCUT2D eigenvalue weighted by Gasteiger charge is -2.11. The predicted octanol–water partition coefficient (Wildman–Crippen LogP) is 1.89. The van der Waals surface area contributed by atoms with Gasteiger partial charge in [-0.25, -0.2) is 4.98 Å². The normalized spacial score (nSPS) is 11.9. The van der Waals surface area contributed by atoms with Crippen LogP contribution in [0.25, 0.3) is 0 Å². The van der Waals surface area contributed by atoms with E-state index in [1.54, 1.807) is 6.92 Å². The van der Waals surface area contributed by atoms with Gasteiger partial charge in [0.05, 0.1) is 12.2 Å². The summed E-state index contributed by atoms with van der Waals surface area (Å²) in [6, 6.07) is 11.3. The number of nitrogens with zero attached hydrogens (tertiary/aromatic N) is 1. The Balaban J connectivity index is 1.89. The van der Waals surface area contributed by atoms with Gasteiger partial charge in [-0.3, -0.25) is 9.59 Å². The Morgan fingerprint density at radius 1 is 1.33 bits per heavy atom. The molecule has 0 aliphatic heterocycles. The first kappa shape index (κ1) is 15.0. The van der Waals surface area contributed by atoms with E-state index in [1.807, 2.05) is 37.3 Å². The van der Waals surface area contributed by atoms with Crippen molar-refractivity contribution in [3.8, 4) is 0 Å². The second kappa shape index (κ2) is 6.83. The minimum Gasteiger partial charge on any atom is -0.350 e. The van der Waals surface area contributed by atoms with Gasteiger partial charge >= 0.3 is 0 Å². The van der Waals surface area contributed by atoms with Crippen molar-refractivity contribution in [2.75, 3.05) is 0 Å². The Morgan fingerprint density at radius 3 is 2.71 bits per heavy atom. The van der Waals surface area contributed by atoms with Crippen molar-refractivity contribution in [3.63, 3.8) is 0 Å². The van der Waals surface area contributed by atoms with Crippen LogP contribution in [-0.2, 0) is 11.3 Å². The molecule has 2 N–H and O–H groups in total. The highest BCUT2D eigenvalue weighted by Gasteiger charge is 2.11. The zero-order chi connectivity index (χ0) is 15.2. The van der Waals surface area contributed by atoms with Crippen LogP contribution in [-0.4, -0.2) is 15.9 Å². The number of amides is 1. The second-order valence-corrected chi connectivity index (χ2v) is 5.11. The van der Waals surface area contributed by atoms with Crippen molar-refractivity contribution >= 4 is 5.91 Å². The number of rotatable bonds is 5. The molecule has 0 saturated heterocycles. The lowest BCUT2D eigenvalue weighted by atomic mass is 9.97. The molecule has 1 atom stereocenters. The van der Waals surface area contributed by atoms with E-state index in [9.17, 15) is 9.59 Å². The van der Waals surface area contributed by atoms with E-state index in [1.165, 1.54) is 6.07 Å². The van der Waals surface area contributed by atoms with Gasteiger partial charge in [0.1, 0.15) is 5.82 Å². The van der Waals surface area contributed by atoms with E-state index in [4.69, 9.17) is 0 Å². The fraction of sp³-hybridized carbons (Fsp3) is 0.312. The molecule has 0 saturated carbocycles. The van der Waals surface area contributed by atoms with Crippen LogP contribution in [0.15, 0.2) is 41.2 Å². The Bertz CT molecular complexity index is 665. The van der Waals surface area contributed by atoms with Crippen LogP contribution >= 0.6 is 0 Å². The number of H-pyrrole nitrogens is 1. The van der Waals surface area contributed by atoms with Crippen LogP contribution in [0.2, 0.25) is 0 Å². The number of benzene rings is 1. The monoisotopic (exact) mass is 285 g/mol. The molecule has 1 heterocycles. The van der Waals surface area contributed by atoms with Crippen molar-refractivity contribution in [1.82, 2.24) is 15.3 Å². The minimum absolute atomic E-state index is 0.0499. The van der Waals surface area contributed by atoms with Crippen molar-refractivity contribution in [2.24, 2.45) is 0 Å². The number of aromatic amines is 1. The van der Waals surface area contributed by atoms with E-state index < -0.39 is 0 Å². The molecule has 0 fully saturated rings. The molecule has 5 nitrogen and oxygen atoms in total. The maximum Gasteiger partial charge on any atom is 0.251 e. The molecule has 1 amide bonds. The first-order valence-electron chi connectivity index (χ1n) is 6.93. The maximum absolute atomic E-state index is 11.9. The van der Waals surface area contributed by atoms with Crippen molar-refractivity contribution in [3.05, 3.63) is 63.8 Å². The lowest BCUT2D eigenvalue weighted by Crippen LogP contribution is -2.25. The van der Waals surface area contributed by atoms with E-state index >= 15 is 0 Å². The summed E-state index contributed by atoms with van der Waals surface area (Å²) in [6.45, 7) is 4.00. The summed E-state index contributed by atoms with van der Waals surface area (Å²) < 4.78 is 0. The number of nitrogens with one attached hydrogen (secondary N) is 2. The molecule has 0 unspecified atom stereocenters. The molecule has 21 heavy (non-hydrogen) atoms. The van der Waals surface area contributed by atoms with E-state index in [0.717, 1.165) is 5.56 Å². The average molecular weight is 285 g/mol. The van der Waals surface area contributed by atoms with Crippen LogP contribution in [0.1, 0.15) is 36.3 Å². The van der Waals surface area contributed by atoms with Crippen molar-refractivity contribution < 1.29 is 4.79 Å². The third kappa shape index (κ3) is 4.56. The molecule has 0 aliphatic carbocycles. The standard InChI is InChI=1S/C16H19N3O2/c1-11(13-6-4-3-5-7-13)8-15(20)17-10-14-9-16(21)19-12(2)18-14/h3-7,9,11H,8,10H2,1-2H3,(H,17,20)(H,18,19,21)/t11-/m1/s1. The molecule has 2 aromatic rings. The molecule has 1 aromatic heterocycles. The summed E-state index contributed by atoms with van der Waals surface area (Å²) in [4.78, 5) is 30.0. The Hall–Kier alpha value is -2.43. The topological polar surface area (TPSA) is 74.8 Å². The number of carbonyl (C=O) groups is 1. The SMILES string of the molecule is Cc1nc(CNC(=O)C[C@@H](C)c2ccccc2)cc(=O)[nH]1. The van der Waals surface area contributed by atoms with E-state index in [0.29, 0.717) is 17.9 Å². The summed E-state index contributed by atoms with van der Waals surface area (Å²) in [6.07, 6.45) is 0.409. The van der Waals surface area contributed by atoms with E-state index in [-0.39, 0.29) is 23.9 Å². The fourth-order valence-corrected chi connectivity index (χ4v) is 2.17. The highest BCUT2D eigenvalue weighted by molar-refractivity contribution is 5.76. The van der Waals surface area contributed by atoms with Gasteiger partial charge < -0.3 is 10.3 Å². The number of hydrogen-bond donors (Lipinski definition) is 2. The van der Waals surface area contributed by atoms with Gasteiger partial charge in [-0.2, -0.15) is 0 Å². The highest BCUT2D eigenvalue weighted by Crippen LogP contribution is 2.17. The van der Waals surface area contributed by atoms with Gasteiger partial charge in [-0.05, 0) is 18.4 Å². The van der Waals surface area contributed by atoms with Gasteiger partial charge in [-0.15, -0.1) is 0 Å². The zero-order valence-electron chi connectivity index (χ0n) is 12.2. The number of aryl methyl sites for hydroxylation is 1. The first-order valence-corrected chi connectivity index (χ1v) is 6.93. The summed E-state index contributed by atoms with van der Waals surface area (Å²) in [5, 5.41) is 2.80. The smallest absolute Gasteiger partial charge is 0.251 e. The zero-order valence-corrected chi connectivity index (χ0v) is 12.2. The number of hydrogen-bond acceptors (Lipinski definition) is 3. The van der Waals surface area contributed by atoms with E-state index in [2.05, 4.69) is 15.3 Å². The van der Waals surface area contributed by atoms with Crippen LogP contribution < -0.4 is 10.9 Å². The average Bonchev–Trinajstić information content (AvgIpc) is 2.45. The van der Waals surface area contributed by atoms with Crippen LogP contribution in [0.5, 0.6) is 0 Å². The van der Waals surface area contributed by atoms with Crippen molar-refractivity contribution in [1.29, 1.82) is 0 Å². The Labute approximate surface area is 123 Å². The Kier molecular flexibility index (Phi) is 4.87. The molecule has 110 valence electrons. The third-order valence-electron chi connectivity index (χ3n) is 3.24. The lowest BCUT2D eigenvalue weighted by molar-refractivity contribution is -0.121. The molecule has 0 bridgehead atoms. The molecule has 5 heteroatoms. The number of aromatic nitrogens is 2. The van der Waals surface area contributed by atoms with Crippen LogP contribution in [0.3, 0.4) is 0 Å². The first-order chi connectivity index (χ1) is 10.0. The number of carbonyl (C=O) groups excluding carboxylic acids is 1. The van der Waals surface area contributed by atoms with Gasteiger partial charge in [-0.1, -0.05) is 37.3 Å². The molecular formula is C16H19N3O2. The van der Waals surface area contributed by atoms with Gasteiger partial charge in [0, 0.05) is 12.5 Å². The van der Waals surface area contributed by atoms with Gasteiger partial charge in [0.15, 0.2) is 0 Å².